The monoisotopic (exact) mass is 531 g/mol. The number of unbranched alkanes of at least 4 members (excludes halogenated alkanes) is 1. The summed E-state index contributed by atoms with van der Waals surface area (Å²) in [5.74, 6) is 1.35. The number of nitrogens with zero attached hydrogens (tertiary/aromatic N) is 1. The predicted octanol–water partition coefficient (Wildman–Crippen LogP) is 2.64. The molecule has 2 heterocycles. The molecule has 3 atom stereocenters. The van der Waals surface area contributed by atoms with Crippen LogP contribution in [0.5, 0.6) is 17.2 Å². The van der Waals surface area contributed by atoms with Crippen molar-refractivity contribution in [1.29, 1.82) is 0 Å². The molecule has 2 aliphatic rings. The summed E-state index contributed by atoms with van der Waals surface area (Å²) >= 11 is 1.82. The molecule has 3 rings (SSSR count). The van der Waals surface area contributed by atoms with E-state index in [0.717, 1.165) is 25.0 Å². The molecular formula is C22H34N3O8PS. The lowest BCUT2D eigenvalue weighted by molar-refractivity contribution is -0.121. The van der Waals surface area contributed by atoms with E-state index >= 15 is 0 Å². The molecule has 1 aromatic carbocycles. The number of nitrogens with one attached hydrogen (secondary N) is 2. The minimum Gasteiger partial charge on any atom is -0.496 e. The number of fused-ring (bicyclic) bond motifs is 1. The first kappa shape index (κ1) is 27.4. The average Bonchev–Trinajstić information content (AvgIpc) is 3.29. The molecule has 0 bridgehead atoms. The molecule has 0 saturated carbocycles. The Hall–Kier alpha value is -2.14. The van der Waals surface area contributed by atoms with Gasteiger partial charge in [-0.25, -0.2) is 9.36 Å². The molecular weight excluding hydrogens is 497 g/mol. The minimum absolute atomic E-state index is 0.00578. The maximum Gasteiger partial charge on any atom is 0.524 e. The van der Waals surface area contributed by atoms with Gasteiger partial charge in [0.1, 0.15) is 17.2 Å². The van der Waals surface area contributed by atoms with Crippen LogP contribution in [0.4, 0.5) is 4.79 Å². The van der Waals surface area contributed by atoms with Crippen molar-refractivity contribution in [2.24, 2.45) is 0 Å². The Morgan fingerprint density at radius 2 is 1.91 bits per heavy atom. The van der Waals surface area contributed by atoms with Crippen LogP contribution in [-0.4, -0.2) is 70.0 Å². The second kappa shape index (κ2) is 11.7. The zero-order valence-corrected chi connectivity index (χ0v) is 22.1. The molecule has 0 aliphatic carbocycles. The van der Waals surface area contributed by atoms with E-state index in [1.54, 1.807) is 4.90 Å². The molecule has 0 spiro atoms. The van der Waals surface area contributed by atoms with Crippen LogP contribution >= 0.6 is 19.6 Å². The van der Waals surface area contributed by atoms with Crippen molar-refractivity contribution in [3.8, 4) is 17.2 Å². The third-order valence-corrected chi connectivity index (χ3v) is 7.91. The number of hydrogen-bond acceptors (Lipinski definition) is 7. The molecule has 0 aromatic heterocycles. The first-order valence-corrected chi connectivity index (χ1v) is 14.1. The number of carbonyl (C=O) groups is 2. The van der Waals surface area contributed by atoms with Crippen molar-refractivity contribution in [2.45, 2.75) is 69.5 Å². The molecule has 0 unspecified atom stereocenters. The van der Waals surface area contributed by atoms with Gasteiger partial charge in [0, 0.05) is 35.6 Å². The van der Waals surface area contributed by atoms with E-state index in [1.807, 2.05) is 25.6 Å². The number of hydrogen-bond donors (Lipinski definition) is 4. The second-order valence-corrected chi connectivity index (χ2v) is 11.3. The Bertz CT molecular complexity index is 947. The van der Waals surface area contributed by atoms with E-state index in [0.29, 0.717) is 23.5 Å². The lowest BCUT2D eigenvalue weighted by atomic mass is 10.0. The molecule has 4 N–H and O–H groups in total. The Kier molecular flexibility index (Phi) is 9.20. The largest absolute Gasteiger partial charge is 0.524 e. The van der Waals surface area contributed by atoms with Crippen LogP contribution in [0.25, 0.3) is 0 Å². The van der Waals surface area contributed by atoms with E-state index in [4.69, 9.17) is 19.3 Å². The Labute approximate surface area is 209 Å². The highest BCUT2D eigenvalue weighted by molar-refractivity contribution is 8.00. The van der Waals surface area contributed by atoms with E-state index in [-0.39, 0.29) is 47.6 Å². The van der Waals surface area contributed by atoms with Crippen LogP contribution in [-0.2, 0) is 15.9 Å². The number of methoxy groups -OCH3 is 2. The third kappa shape index (κ3) is 7.19. The van der Waals surface area contributed by atoms with Crippen LogP contribution in [0.2, 0.25) is 0 Å². The first-order valence-electron chi connectivity index (χ1n) is 11.5. The van der Waals surface area contributed by atoms with Gasteiger partial charge in [-0.15, -0.1) is 0 Å². The molecule has 11 nitrogen and oxygen atoms in total. The van der Waals surface area contributed by atoms with Gasteiger partial charge < -0.3 is 29.5 Å². The van der Waals surface area contributed by atoms with E-state index in [1.165, 1.54) is 26.4 Å². The quantitative estimate of drug-likeness (QED) is 0.182. The number of phosphoric acid groups is 1. The number of ether oxygens (including phenoxy) is 2. The molecule has 196 valence electrons. The first-order chi connectivity index (χ1) is 16.5. The van der Waals surface area contributed by atoms with Gasteiger partial charge in [0.05, 0.1) is 38.4 Å². The van der Waals surface area contributed by atoms with Gasteiger partial charge in [0.25, 0.3) is 0 Å². The van der Waals surface area contributed by atoms with Crippen molar-refractivity contribution >= 4 is 31.5 Å². The number of amides is 3. The smallest absolute Gasteiger partial charge is 0.496 e. The van der Waals surface area contributed by atoms with Crippen molar-refractivity contribution in [3.05, 3.63) is 17.7 Å². The number of carbonyl (C=O) groups excluding carboxylic acids is 2. The summed E-state index contributed by atoms with van der Waals surface area (Å²) in [7, 11) is -1.91. The fraction of sp³-hybridized carbons (Fsp3) is 0.636. The van der Waals surface area contributed by atoms with Crippen molar-refractivity contribution < 1.29 is 37.9 Å². The number of rotatable bonds is 12. The van der Waals surface area contributed by atoms with Crippen molar-refractivity contribution in [1.82, 2.24) is 15.5 Å². The fourth-order valence-corrected chi connectivity index (χ4v) is 6.48. The summed E-state index contributed by atoms with van der Waals surface area (Å²) in [6, 6.07) is 2.68. The standard InChI is InChI=1S/C22H34N3O8PS/c1-13(2)23-20(26)8-6-5-7-19-21-16(12-35-19)25(22(27)24-21)11-15-17(31-3)9-14(10-18(15)32-4)33-34(28,29)30/h9-10,13,16,19,21H,5-8,11-12H2,1-4H3,(H,23,26)(H,24,27)(H2,28,29,30)/t16-,19-,21-/m0/s1. The molecule has 1 aromatic rings. The lowest BCUT2D eigenvalue weighted by Gasteiger charge is -2.24. The van der Waals surface area contributed by atoms with Gasteiger partial charge in [-0.2, -0.15) is 11.8 Å². The molecule has 2 saturated heterocycles. The van der Waals surface area contributed by atoms with E-state index in [2.05, 4.69) is 15.2 Å². The Morgan fingerprint density at radius 1 is 1.26 bits per heavy atom. The summed E-state index contributed by atoms with van der Waals surface area (Å²) in [6.07, 6.45) is 3.13. The van der Waals surface area contributed by atoms with E-state index < -0.39 is 7.82 Å². The van der Waals surface area contributed by atoms with Gasteiger partial charge >= 0.3 is 13.9 Å². The van der Waals surface area contributed by atoms with Crippen molar-refractivity contribution in [3.63, 3.8) is 0 Å². The SMILES string of the molecule is COc1cc(OP(=O)(O)O)cc(OC)c1CN1C(=O)N[C@@H]2[C@H](CCCCC(=O)NC(C)C)SC[C@@H]21. The van der Waals surface area contributed by atoms with Crippen LogP contribution in [0, 0.1) is 0 Å². The summed E-state index contributed by atoms with van der Waals surface area (Å²) in [6.45, 7) is 4.09. The molecule has 13 heteroatoms. The van der Waals surface area contributed by atoms with Gasteiger partial charge in [-0.1, -0.05) is 6.42 Å². The highest BCUT2D eigenvalue weighted by atomic mass is 32.2. The summed E-state index contributed by atoms with van der Waals surface area (Å²) in [4.78, 5) is 44.7. The summed E-state index contributed by atoms with van der Waals surface area (Å²) in [5, 5.41) is 6.28. The van der Waals surface area contributed by atoms with Crippen LogP contribution in [0.15, 0.2) is 12.1 Å². The number of phosphoric ester groups is 1. The molecule has 0 radical (unpaired) electrons. The van der Waals surface area contributed by atoms with Gasteiger partial charge in [-0.05, 0) is 26.7 Å². The minimum atomic E-state index is -4.76. The fourth-order valence-electron chi connectivity index (χ4n) is 4.48. The van der Waals surface area contributed by atoms with Crippen molar-refractivity contribution in [2.75, 3.05) is 20.0 Å². The Morgan fingerprint density at radius 3 is 2.49 bits per heavy atom. The normalized spacial score (nSPS) is 21.6. The van der Waals surface area contributed by atoms with Crippen LogP contribution in [0.3, 0.4) is 0 Å². The van der Waals surface area contributed by atoms with Crippen LogP contribution < -0.4 is 24.6 Å². The number of benzene rings is 1. The maximum atomic E-state index is 12.9. The molecule has 2 aliphatic heterocycles. The average molecular weight is 532 g/mol. The highest BCUT2D eigenvalue weighted by Gasteiger charge is 2.48. The molecule has 2 fully saturated rings. The zero-order chi connectivity index (χ0) is 25.8. The maximum absolute atomic E-state index is 12.9. The summed E-state index contributed by atoms with van der Waals surface area (Å²) < 4.78 is 26.8. The second-order valence-electron chi connectivity index (χ2n) is 8.90. The Balaban J connectivity index is 1.65. The van der Waals surface area contributed by atoms with Gasteiger partial charge in [0.2, 0.25) is 5.91 Å². The predicted molar refractivity (Wildman–Crippen MR) is 132 cm³/mol. The molecule has 3 amide bonds. The topological polar surface area (TPSA) is 147 Å². The number of thioether (sulfide) groups is 1. The number of urea groups is 1. The van der Waals surface area contributed by atoms with Gasteiger partial charge in [0.15, 0.2) is 0 Å². The summed E-state index contributed by atoms with van der Waals surface area (Å²) in [5.41, 5.74) is 0.577. The van der Waals surface area contributed by atoms with Crippen LogP contribution in [0.1, 0.15) is 45.1 Å². The molecule has 35 heavy (non-hydrogen) atoms. The third-order valence-electron chi connectivity index (χ3n) is 5.97. The zero-order valence-electron chi connectivity index (χ0n) is 20.4. The lowest BCUT2D eigenvalue weighted by Crippen LogP contribution is -2.38. The highest BCUT2D eigenvalue weighted by Crippen LogP contribution is 2.44. The van der Waals surface area contributed by atoms with E-state index in [9.17, 15) is 14.2 Å². The van der Waals surface area contributed by atoms with Gasteiger partial charge in [-0.3, -0.25) is 14.6 Å².